The Morgan fingerprint density at radius 2 is 1.24 bits per heavy atom. The largest absolute Gasteiger partial charge is 0.496 e. The Morgan fingerprint density at radius 1 is 0.941 bits per heavy atom. The van der Waals surface area contributed by atoms with E-state index >= 15 is 0 Å². The molecule has 1 aliphatic heterocycles. The van der Waals surface area contributed by atoms with Gasteiger partial charge in [0.15, 0.2) is 0 Å². The average Bonchev–Trinajstić information content (AvgIpc) is 1.96. The van der Waals surface area contributed by atoms with Crippen molar-refractivity contribution >= 4 is 20.2 Å². The summed E-state index contributed by atoms with van der Waals surface area (Å²) >= 11 is 0. The molecule has 17 heavy (non-hydrogen) atoms. The van der Waals surface area contributed by atoms with Crippen molar-refractivity contribution in [1.29, 1.82) is 0 Å². The zero-order valence-electron chi connectivity index (χ0n) is 7.66. The number of hydrogen-bond donors (Lipinski definition) is 0. The second kappa shape index (κ2) is 3.27. The van der Waals surface area contributed by atoms with Gasteiger partial charge < -0.3 is 0 Å². The zero-order valence-corrected chi connectivity index (χ0v) is 9.29. The third-order valence-corrected chi connectivity index (χ3v) is 5.10. The van der Waals surface area contributed by atoms with Crippen LogP contribution in [-0.4, -0.2) is 33.4 Å². The minimum Gasteiger partial charge on any atom is -0.219 e. The summed E-state index contributed by atoms with van der Waals surface area (Å²) < 4.78 is 105. The van der Waals surface area contributed by atoms with E-state index in [1.807, 2.05) is 0 Å². The molecule has 0 aromatic carbocycles. The molecule has 0 radical (unpaired) electrons. The number of halogens is 5. The van der Waals surface area contributed by atoms with Crippen molar-refractivity contribution in [3.63, 3.8) is 0 Å². The molecule has 1 rings (SSSR count). The molecule has 102 valence electrons. The highest BCUT2D eigenvalue weighted by Gasteiger charge is 2.74. The van der Waals surface area contributed by atoms with Crippen molar-refractivity contribution in [3.8, 4) is 0 Å². The van der Waals surface area contributed by atoms with Crippen molar-refractivity contribution in [3.05, 3.63) is 0 Å². The zero-order chi connectivity index (χ0) is 13.9. The van der Waals surface area contributed by atoms with Crippen LogP contribution >= 0.6 is 0 Å². The van der Waals surface area contributed by atoms with E-state index < -0.39 is 36.8 Å². The van der Waals surface area contributed by atoms with Crippen molar-refractivity contribution in [2.75, 3.05) is 0 Å². The van der Waals surface area contributed by atoms with Crippen LogP contribution in [0, 0.1) is 0 Å². The molecule has 1 aliphatic rings. The Hall–Kier alpha value is -0.530. The molecule has 0 unspecified atom stereocenters. The Bertz CT molecular complexity index is 491. The number of hydrogen-bond acceptors (Lipinski definition) is 6. The summed E-state index contributed by atoms with van der Waals surface area (Å²) in [7, 11) is -12.7. The third kappa shape index (κ3) is 1.90. The lowest BCUT2D eigenvalue weighted by Gasteiger charge is -2.35. The Kier molecular flexibility index (Phi) is 2.80. The smallest absolute Gasteiger partial charge is 0.219 e. The molecule has 1 fully saturated rings. The van der Waals surface area contributed by atoms with Crippen molar-refractivity contribution in [1.82, 2.24) is 0 Å². The second-order valence-corrected chi connectivity index (χ2v) is 6.42. The van der Waals surface area contributed by atoms with E-state index in [4.69, 9.17) is 0 Å². The van der Waals surface area contributed by atoms with Crippen LogP contribution in [0.2, 0.25) is 0 Å². The van der Waals surface area contributed by atoms with Crippen LogP contribution in [-0.2, 0) is 28.6 Å². The molecule has 0 spiro atoms. The number of alkyl halides is 5. The van der Waals surface area contributed by atoms with E-state index in [9.17, 15) is 38.8 Å². The van der Waals surface area contributed by atoms with Crippen LogP contribution < -0.4 is 0 Å². The lowest BCUT2D eigenvalue weighted by Crippen LogP contribution is -2.60. The van der Waals surface area contributed by atoms with Gasteiger partial charge in [-0.25, -0.2) is 8.37 Å². The SMILES string of the molecule is CC1(C(F)(F)F)OS(=O)(=O)C(F)(F)S(=O)(=O)O1. The van der Waals surface area contributed by atoms with Crippen LogP contribution in [0.3, 0.4) is 0 Å². The Labute approximate surface area is 91.6 Å². The highest BCUT2D eigenvalue weighted by molar-refractivity contribution is 8.05. The lowest BCUT2D eigenvalue weighted by molar-refractivity contribution is -0.317. The van der Waals surface area contributed by atoms with Crippen molar-refractivity contribution in [2.24, 2.45) is 0 Å². The average molecular weight is 306 g/mol. The standard InChI is InChI=1S/C4H3F5O6S2/c1-2(3(5,6)7)14-16(10,11)4(8,9)17(12,13)15-2/h1H3. The highest BCUT2D eigenvalue weighted by Crippen LogP contribution is 2.47. The van der Waals surface area contributed by atoms with Gasteiger partial charge in [0.25, 0.3) is 5.79 Å². The van der Waals surface area contributed by atoms with Gasteiger partial charge in [0.05, 0.1) is 0 Å². The molecular weight excluding hydrogens is 303 g/mol. The Balaban J connectivity index is 3.48. The maximum atomic E-state index is 12.7. The molecule has 0 aromatic heterocycles. The van der Waals surface area contributed by atoms with E-state index in [2.05, 4.69) is 8.37 Å². The van der Waals surface area contributed by atoms with E-state index in [0.717, 1.165) is 0 Å². The van der Waals surface area contributed by atoms with Gasteiger partial charge in [-0.05, 0) is 0 Å². The fourth-order valence-corrected chi connectivity index (χ4v) is 3.28. The summed E-state index contributed by atoms with van der Waals surface area (Å²) in [4.78, 5) is 0. The van der Waals surface area contributed by atoms with Crippen LogP contribution in [0.25, 0.3) is 0 Å². The molecule has 1 saturated heterocycles. The third-order valence-electron chi connectivity index (χ3n) is 1.63. The summed E-state index contributed by atoms with van der Waals surface area (Å²) in [5.41, 5.74) is 0. The molecule has 0 aliphatic carbocycles. The molecule has 0 N–H and O–H groups in total. The number of rotatable bonds is 0. The van der Waals surface area contributed by atoms with Gasteiger partial charge in [-0.1, -0.05) is 0 Å². The molecule has 0 saturated carbocycles. The van der Waals surface area contributed by atoms with E-state index in [1.165, 1.54) is 0 Å². The van der Waals surface area contributed by atoms with E-state index in [1.54, 1.807) is 0 Å². The monoisotopic (exact) mass is 306 g/mol. The van der Waals surface area contributed by atoms with Gasteiger partial charge in [0.2, 0.25) is 0 Å². The van der Waals surface area contributed by atoms with Gasteiger partial charge in [-0.3, -0.25) is 0 Å². The van der Waals surface area contributed by atoms with Gasteiger partial charge >= 0.3 is 31.0 Å². The Morgan fingerprint density at radius 3 is 1.47 bits per heavy atom. The fourth-order valence-electron chi connectivity index (χ4n) is 0.749. The van der Waals surface area contributed by atoms with Gasteiger partial charge in [0, 0.05) is 6.92 Å². The highest BCUT2D eigenvalue weighted by atomic mass is 32.3. The molecule has 0 amide bonds. The van der Waals surface area contributed by atoms with Crippen molar-refractivity contribution < 1.29 is 47.2 Å². The first-order valence-electron chi connectivity index (χ1n) is 3.51. The summed E-state index contributed by atoms with van der Waals surface area (Å²) in [5.74, 6) is -4.22. The first-order chi connectivity index (χ1) is 7.16. The van der Waals surface area contributed by atoms with E-state index in [-0.39, 0.29) is 6.92 Å². The summed E-state index contributed by atoms with van der Waals surface area (Å²) in [6.45, 7) is -0.155. The maximum absolute atomic E-state index is 12.7. The van der Waals surface area contributed by atoms with Crippen LogP contribution in [0.15, 0.2) is 0 Å². The molecule has 0 aromatic rings. The van der Waals surface area contributed by atoms with Crippen molar-refractivity contribution in [2.45, 2.75) is 23.5 Å². The molecule has 13 heteroatoms. The normalized spacial score (nSPS) is 29.8. The topological polar surface area (TPSA) is 86.7 Å². The summed E-state index contributed by atoms with van der Waals surface area (Å²) in [6, 6.07) is 0. The predicted octanol–water partition coefficient (Wildman–Crippen LogP) is 0.522. The van der Waals surface area contributed by atoms with Crippen LogP contribution in [0.5, 0.6) is 0 Å². The van der Waals surface area contributed by atoms with Gasteiger partial charge in [-0.2, -0.15) is 38.8 Å². The van der Waals surface area contributed by atoms with Crippen LogP contribution in [0.4, 0.5) is 22.0 Å². The minimum absolute atomic E-state index is 0.155. The molecule has 0 bridgehead atoms. The molecular formula is C4H3F5O6S2. The second-order valence-electron chi connectivity index (χ2n) is 2.98. The lowest BCUT2D eigenvalue weighted by atomic mass is 10.3. The maximum Gasteiger partial charge on any atom is 0.496 e. The first-order valence-corrected chi connectivity index (χ1v) is 6.33. The van der Waals surface area contributed by atoms with Gasteiger partial charge in [-0.15, -0.1) is 0 Å². The first kappa shape index (κ1) is 14.5. The fraction of sp³-hybridized carbons (Fsp3) is 1.00. The predicted molar refractivity (Wildman–Crippen MR) is 39.4 cm³/mol. The molecule has 1 heterocycles. The summed E-state index contributed by atoms with van der Waals surface area (Å²) in [5, 5.41) is 0. The summed E-state index contributed by atoms with van der Waals surface area (Å²) in [6.07, 6.45) is -5.65. The van der Waals surface area contributed by atoms with Crippen LogP contribution in [0.1, 0.15) is 6.92 Å². The quantitative estimate of drug-likeness (QED) is 0.479. The minimum atomic E-state index is -6.33. The molecule has 0 atom stereocenters. The van der Waals surface area contributed by atoms with E-state index in [0.29, 0.717) is 0 Å². The molecule has 6 nitrogen and oxygen atoms in total. The van der Waals surface area contributed by atoms with Gasteiger partial charge in [0.1, 0.15) is 0 Å².